The maximum atomic E-state index is 12.8. The summed E-state index contributed by atoms with van der Waals surface area (Å²) >= 11 is 13.6. The molecule has 1 aromatic carbocycles. The van der Waals surface area contributed by atoms with Gasteiger partial charge >= 0.3 is 0 Å². The first-order valence-electron chi connectivity index (χ1n) is 10.1. The molecule has 31 heavy (non-hydrogen) atoms. The van der Waals surface area contributed by atoms with Gasteiger partial charge in [0.2, 0.25) is 0 Å². The number of nitriles is 1. The summed E-state index contributed by atoms with van der Waals surface area (Å²) < 4.78 is 5.74. The summed E-state index contributed by atoms with van der Waals surface area (Å²) in [5.74, 6) is 0.868. The minimum atomic E-state index is -0.381. The molecular weight excluding hydrogens is 451 g/mol. The zero-order valence-electron chi connectivity index (χ0n) is 17.5. The second-order valence-electron chi connectivity index (χ2n) is 8.87. The molecule has 2 aromatic heterocycles. The van der Waals surface area contributed by atoms with Gasteiger partial charge in [0.25, 0.3) is 5.91 Å². The Labute approximate surface area is 195 Å². The number of carbonyl (C=O) groups excluding carboxylic acids is 1. The summed E-state index contributed by atoms with van der Waals surface area (Å²) in [7, 11) is 0. The quantitative estimate of drug-likeness (QED) is 0.426. The van der Waals surface area contributed by atoms with Crippen LogP contribution in [-0.4, -0.2) is 5.91 Å². The molecule has 3 aromatic rings. The van der Waals surface area contributed by atoms with Gasteiger partial charge < -0.3 is 9.73 Å². The van der Waals surface area contributed by atoms with E-state index in [-0.39, 0.29) is 17.1 Å². The lowest BCUT2D eigenvalue weighted by molar-refractivity contribution is 0.0998. The van der Waals surface area contributed by atoms with Crippen molar-refractivity contribution in [3.63, 3.8) is 0 Å². The standard InChI is InChI=1S/C24H22Cl2N2O2S/c1-24(2,3)14-5-6-15-16(12-27)23(31-21(15)11-14)28-22(29)20-9-8-19(30-20)13-4-7-17(25)18(26)10-13/h4,7-10,14H,5-6,11H2,1-3H3,(H,28,29). The van der Waals surface area contributed by atoms with Crippen molar-refractivity contribution in [2.75, 3.05) is 5.32 Å². The molecule has 1 amide bonds. The number of hydrogen-bond acceptors (Lipinski definition) is 4. The summed E-state index contributed by atoms with van der Waals surface area (Å²) in [5.41, 5.74) is 2.61. The lowest BCUT2D eigenvalue weighted by atomic mass is 9.72. The number of halogens is 2. The molecule has 0 bridgehead atoms. The molecule has 0 spiro atoms. The Hall–Kier alpha value is -2.26. The first-order valence-corrected chi connectivity index (χ1v) is 11.7. The van der Waals surface area contributed by atoms with Crippen molar-refractivity contribution in [2.45, 2.75) is 40.0 Å². The van der Waals surface area contributed by atoms with Crippen molar-refractivity contribution >= 4 is 45.4 Å². The second kappa shape index (κ2) is 8.35. The lowest BCUT2D eigenvalue weighted by Gasteiger charge is -2.33. The third-order valence-corrected chi connectivity index (χ3v) is 7.77. The van der Waals surface area contributed by atoms with Gasteiger partial charge in [0, 0.05) is 10.4 Å². The van der Waals surface area contributed by atoms with E-state index >= 15 is 0 Å². The fourth-order valence-electron chi connectivity index (χ4n) is 3.96. The first-order chi connectivity index (χ1) is 14.7. The number of anilines is 1. The van der Waals surface area contributed by atoms with E-state index in [1.165, 1.54) is 16.2 Å². The monoisotopic (exact) mass is 472 g/mol. The highest BCUT2D eigenvalue weighted by Gasteiger charge is 2.32. The number of hydrogen-bond donors (Lipinski definition) is 1. The minimum absolute atomic E-state index is 0.170. The van der Waals surface area contributed by atoms with Gasteiger partial charge in [0.15, 0.2) is 5.76 Å². The molecule has 0 fully saturated rings. The van der Waals surface area contributed by atoms with Crippen LogP contribution in [-0.2, 0) is 12.8 Å². The summed E-state index contributed by atoms with van der Waals surface area (Å²) in [6.07, 6.45) is 2.87. The van der Waals surface area contributed by atoms with Crippen molar-refractivity contribution in [1.82, 2.24) is 0 Å². The predicted molar refractivity (Wildman–Crippen MR) is 126 cm³/mol. The van der Waals surface area contributed by atoms with Crippen LogP contribution < -0.4 is 5.32 Å². The van der Waals surface area contributed by atoms with Gasteiger partial charge in [-0.15, -0.1) is 11.3 Å². The Morgan fingerprint density at radius 3 is 2.68 bits per heavy atom. The van der Waals surface area contributed by atoms with E-state index in [4.69, 9.17) is 27.6 Å². The SMILES string of the molecule is CC(C)(C)C1CCc2c(sc(NC(=O)c3ccc(-c4ccc(Cl)c(Cl)c4)o3)c2C#N)C1. The number of carbonyl (C=O) groups is 1. The fourth-order valence-corrected chi connectivity index (χ4v) is 5.53. The third-order valence-electron chi connectivity index (χ3n) is 5.86. The van der Waals surface area contributed by atoms with Crippen molar-refractivity contribution in [3.05, 3.63) is 62.1 Å². The largest absolute Gasteiger partial charge is 0.451 e. The Kier molecular flexibility index (Phi) is 5.91. The van der Waals surface area contributed by atoms with Crippen LogP contribution in [0.3, 0.4) is 0 Å². The molecule has 1 N–H and O–H groups in total. The van der Waals surface area contributed by atoms with Gasteiger partial charge in [0.1, 0.15) is 16.8 Å². The van der Waals surface area contributed by atoms with Crippen LogP contribution in [0.1, 0.15) is 53.8 Å². The molecule has 4 rings (SSSR count). The Balaban J connectivity index is 1.56. The van der Waals surface area contributed by atoms with E-state index in [0.29, 0.717) is 32.3 Å². The zero-order valence-corrected chi connectivity index (χ0v) is 19.8. The van der Waals surface area contributed by atoms with E-state index in [1.54, 1.807) is 30.3 Å². The van der Waals surface area contributed by atoms with Crippen LogP contribution in [0.4, 0.5) is 5.00 Å². The molecule has 1 aliphatic rings. The van der Waals surface area contributed by atoms with Crippen LogP contribution in [0.15, 0.2) is 34.7 Å². The van der Waals surface area contributed by atoms with Gasteiger partial charge in [-0.05, 0) is 66.5 Å². The topological polar surface area (TPSA) is 66.0 Å². The Morgan fingerprint density at radius 1 is 1.23 bits per heavy atom. The maximum absolute atomic E-state index is 12.8. The summed E-state index contributed by atoms with van der Waals surface area (Å²) in [6, 6.07) is 10.8. The highest BCUT2D eigenvalue weighted by atomic mass is 35.5. The number of fused-ring (bicyclic) bond motifs is 1. The van der Waals surface area contributed by atoms with Crippen LogP contribution in [0.25, 0.3) is 11.3 Å². The predicted octanol–water partition coefficient (Wildman–Crippen LogP) is 7.59. The number of thiophene rings is 1. The molecule has 0 saturated heterocycles. The van der Waals surface area contributed by atoms with Crippen LogP contribution in [0.2, 0.25) is 10.0 Å². The van der Waals surface area contributed by atoms with Crippen molar-refractivity contribution < 1.29 is 9.21 Å². The van der Waals surface area contributed by atoms with E-state index in [1.807, 2.05) is 0 Å². The van der Waals surface area contributed by atoms with Crippen molar-refractivity contribution in [3.8, 4) is 17.4 Å². The third kappa shape index (κ3) is 4.39. The molecule has 160 valence electrons. The highest BCUT2D eigenvalue weighted by molar-refractivity contribution is 7.16. The Morgan fingerprint density at radius 2 is 2.00 bits per heavy atom. The maximum Gasteiger partial charge on any atom is 0.292 e. The summed E-state index contributed by atoms with van der Waals surface area (Å²) in [4.78, 5) is 14.0. The molecule has 0 aliphatic heterocycles. The van der Waals surface area contributed by atoms with Gasteiger partial charge in [-0.3, -0.25) is 4.79 Å². The van der Waals surface area contributed by atoms with E-state index < -0.39 is 0 Å². The van der Waals surface area contributed by atoms with Crippen LogP contribution in [0.5, 0.6) is 0 Å². The minimum Gasteiger partial charge on any atom is -0.451 e. The van der Waals surface area contributed by atoms with Crippen LogP contribution in [0, 0.1) is 22.7 Å². The fraction of sp³-hybridized carbons (Fsp3) is 0.333. The molecule has 7 heteroatoms. The average molecular weight is 473 g/mol. The number of nitrogens with zero attached hydrogens (tertiary/aromatic N) is 1. The summed E-state index contributed by atoms with van der Waals surface area (Å²) in [5, 5.41) is 14.1. The molecular formula is C24H22Cl2N2O2S. The molecule has 2 heterocycles. The zero-order chi connectivity index (χ0) is 22.3. The van der Waals surface area contributed by atoms with E-state index in [9.17, 15) is 10.1 Å². The van der Waals surface area contributed by atoms with Crippen LogP contribution >= 0.6 is 34.5 Å². The smallest absolute Gasteiger partial charge is 0.292 e. The average Bonchev–Trinajstić information content (AvgIpc) is 3.33. The van der Waals surface area contributed by atoms with Crippen molar-refractivity contribution in [2.24, 2.45) is 11.3 Å². The van der Waals surface area contributed by atoms with Gasteiger partial charge in [-0.25, -0.2) is 0 Å². The molecule has 1 unspecified atom stereocenters. The lowest BCUT2D eigenvalue weighted by Crippen LogP contribution is -2.26. The molecule has 0 radical (unpaired) electrons. The number of amides is 1. The summed E-state index contributed by atoms with van der Waals surface area (Å²) in [6.45, 7) is 6.77. The number of furan rings is 1. The van der Waals surface area contributed by atoms with Crippen molar-refractivity contribution in [1.29, 1.82) is 5.26 Å². The normalized spacial score (nSPS) is 15.9. The highest BCUT2D eigenvalue weighted by Crippen LogP contribution is 2.44. The molecule has 1 aliphatic carbocycles. The molecule has 0 saturated carbocycles. The number of nitrogens with one attached hydrogen (secondary N) is 1. The molecule has 1 atom stereocenters. The number of benzene rings is 1. The van der Waals surface area contributed by atoms with E-state index in [0.717, 1.165) is 30.4 Å². The number of rotatable bonds is 3. The van der Waals surface area contributed by atoms with E-state index in [2.05, 4.69) is 32.2 Å². The second-order valence-corrected chi connectivity index (χ2v) is 10.8. The first kappa shape index (κ1) is 22.0. The molecule has 4 nitrogen and oxygen atoms in total. The van der Waals surface area contributed by atoms with Gasteiger partial charge in [-0.1, -0.05) is 44.0 Å². The van der Waals surface area contributed by atoms with Gasteiger partial charge in [0.05, 0.1) is 15.6 Å². The Bertz CT molecular complexity index is 1200. The van der Waals surface area contributed by atoms with Gasteiger partial charge in [-0.2, -0.15) is 5.26 Å².